The Kier molecular flexibility index (Phi) is 1.74. The summed E-state index contributed by atoms with van der Waals surface area (Å²) in [4.78, 5) is 7.49. The van der Waals surface area contributed by atoms with Gasteiger partial charge >= 0.3 is 0 Å². The summed E-state index contributed by atoms with van der Waals surface area (Å²) in [5.41, 5.74) is 0. The monoisotopic (exact) mass is 162 g/mol. The van der Waals surface area contributed by atoms with Crippen LogP contribution < -0.4 is 0 Å². The van der Waals surface area contributed by atoms with E-state index in [9.17, 15) is 0 Å². The minimum absolute atomic E-state index is 0.632. The summed E-state index contributed by atoms with van der Waals surface area (Å²) in [6.07, 6.45) is 9.41. The van der Waals surface area contributed by atoms with Crippen molar-refractivity contribution in [1.29, 1.82) is 0 Å². The third-order valence-electron chi connectivity index (χ3n) is 1.35. The Balaban J connectivity index is 2.25. The summed E-state index contributed by atoms with van der Waals surface area (Å²) >= 11 is 0. The van der Waals surface area contributed by atoms with E-state index in [2.05, 4.69) is 9.98 Å². The Bertz CT molecular complexity index is 292. The molecule has 2 aliphatic rings. The van der Waals surface area contributed by atoms with E-state index in [0.29, 0.717) is 11.5 Å². The van der Waals surface area contributed by atoms with E-state index >= 15 is 0 Å². The second kappa shape index (κ2) is 3.04. The normalized spacial score (nSPS) is 25.3. The number of rotatable bonds is 0. The Labute approximate surface area is 69.2 Å². The van der Waals surface area contributed by atoms with Crippen molar-refractivity contribution >= 4 is 12.8 Å². The molecule has 4 heteroatoms. The molecule has 0 saturated heterocycles. The molecule has 0 unspecified atom stereocenters. The highest BCUT2D eigenvalue weighted by molar-refractivity contribution is 5.57. The van der Waals surface area contributed by atoms with Crippen LogP contribution in [0.2, 0.25) is 0 Å². The maximum absolute atomic E-state index is 5.08. The predicted molar refractivity (Wildman–Crippen MR) is 44.5 cm³/mol. The number of hydrogen-bond donors (Lipinski definition) is 0. The smallest absolute Gasteiger partial charge is 0.181 e. The van der Waals surface area contributed by atoms with E-state index in [1.807, 2.05) is 0 Å². The Morgan fingerprint density at radius 1 is 0.833 bits per heavy atom. The number of hydrogen-bond acceptors (Lipinski definition) is 4. The topological polar surface area (TPSA) is 43.2 Å². The first-order valence-electron chi connectivity index (χ1n) is 3.41. The summed E-state index contributed by atoms with van der Waals surface area (Å²) in [5, 5.41) is 0. The third-order valence-corrected chi connectivity index (χ3v) is 1.35. The first kappa shape index (κ1) is 6.84. The van der Waals surface area contributed by atoms with Gasteiger partial charge in [0.1, 0.15) is 0 Å². The molecule has 0 amide bonds. The van der Waals surface area contributed by atoms with E-state index in [4.69, 9.17) is 9.47 Å². The van der Waals surface area contributed by atoms with E-state index < -0.39 is 0 Å². The van der Waals surface area contributed by atoms with Gasteiger partial charge in [0.15, 0.2) is 24.3 Å². The van der Waals surface area contributed by atoms with Crippen molar-refractivity contribution in [3.05, 3.63) is 36.1 Å². The van der Waals surface area contributed by atoms with Gasteiger partial charge in [-0.05, 0) is 0 Å². The van der Waals surface area contributed by atoms with Crippen LogP contribution in [0.1, 0.15) is 0 Å². The number of aliphatic imine (C=N–C) groups is 2. The molecule has 0 bridgehead atoms. The fourth-order valence-electron chi connectivity index (χ4n) is 0.825. The van der Waals surface area contributed by atoms with Gasteiger partial charge in [0.2, 0.25) is 0 Å². The van der Waals surface area contributed by atoms with E-state index in [1.54, 1.807) is 24.6 Å². The van der Waals surface area contributed by atoms with E-state index in [1.165, 1.54) is 12.8 Å². The second-order valence-corrected chi connectivity index (χ2v) is 2.10. The highest BCUT2D eigenvalue weighted by Gasteiger charge is 2.06. The summed E-state index contributed by atoms with van der Waals surface area (Å²) in [6, 6.07) is 0. The number of ether oxygens (including phenoxy) is 2. The first-order chi connectivity index (χ1) is 5.97. The average molecular weight is 162 g/mol. The molecular formula is C8H6N2O2. The molecule has 60 valence electrons. The summed E-state index contributed by atoms with van der Waals surface area (Å²) in [6.45, 7) is 0. The molecule has 4 nitrogen and oxygen atoms in total. The van der Waals surface area contributed by atoms with E-state index in [0.717, 1.165) is 0 Å². The lowest BCUT2D eigenvalue weighted by molar-refractivity contribution is 0.371. The minimum Gasteiger partial charge on any atom is -0.442 e. The van der Waals surface area contributed by atoms with Gasteiger partial charge in [0.25, 0.3) is 0 Å². The van der Waals surface area contributed by atoms with Gasteiger partial charge in [0.05, 0.1) is 0 Å². The molecule has 0 spiro atoms. The van der Waals surface area contributed by atoms with Gasteiger partial charge < -0.3 is 9.47 Å². The number of allylic oxidation sites excluding steroid dienone is 2. The molecule has 0 N–H and O–H groups in total. The quantitative estimate of drug-likeness (QED) is 0.539. The SMILES string of the molecule is C1=CC(=C2C=CN=CO2)OC=N1. The minimum atomic E-state index is 0.632. The highest BCUT2D eigenvalue weighted by Crippen LogP contribution is 2.14. The molecule has 0 aliphatic carbocycles. The van der Waals surface area contributed by atoms with Crippen molar-refractivity contribution in [2.45, 2.75) is 0 Å². The molecule has 2 heterocycles. The Hall–Kier alpha value is -1.84. The molecule has 0 atom stereocenters. The van der Waals surface area contributed by atoms with Crippen LogP contribution >= 0.6 is 0 Å². The molecule has 0 aromatic heterocycles. The first-order valence-corrected chi connectivity index (χ1v) is 3.41. The molecule has 0 saturated carbocycles. The lowest BCUT2D eigenvalue weighted by atomic mass is 10.3. The highest BCUT2D eigenvalue weighted by atomic mass is 16.5. The fourth-order valence-corrected chi connectivity index (χ4v) is 0.825. The molecular weight excluding hydrogens is 156 g/mol. The maximum atomic E-state index is 5.08. The molecule has 2 aliphatic heterocycles. The average Bonchev–Trinajstić information content (AvgIpc) is 2.21. The molecule has 0 fully saturated rings. The van der Waals surface area contributed by atoms with Crippen molar-refractivity contribution in [3.63, 3.8) is 0 Å². The zero-order valence-corrected chi connectivity index (χ0v) is 6.18. The van der Waals surface area contributed by atoms with Crippen molar-refractivity contribution in [1.82, 2.24) is 0 Å². The molecule has 2 rings (SSSR count). The second-order valence-electron chi connectivity index (χ2n) is 2.10. The van der Waals surface area contributed by atoms with Crippen molar-refractivity contribution in [3.8, 4) is 0 Å². The zero-order chi connectivity index (χ0) is 8.23. The fraction of sp³-hybridized carbons (Fsp3) is 0. The summed E-state index contributed by atoms with van der Waals surface area (Å²) in [7, 11) is 0. The summed E-state index contributed by atoms with van der Waals surface area (Å²) < 4.78 is 10.2. The van der Waals surface area contributed by atoms with Gasteiger partial charge in [-0.2, -0.15) is 0 Å². The van der Waals surface area contributed by atoms with Gasteiger partial charge in [-0.15, -0.1) is 0 Å². The number of nitrogens with zero attached hydrogens (tertiary/aromatic N) is 2. The van der Waals surface area contributed by atoms with Gasteiger partial charge in [-0.25, -0.2) is 9.98 Å². The van der Waals surface area contributed by atoms with Crippen LogP contribution in [0.25, 0.3) is 0 Å². The summed E-state index contributed by atoms with van der Waals surface area (Å²) in [5.74, 6) is 1.26. The predicted octanol–water partition coefficient (Wildman–Crippen LogP) is 1.34. The van der Waals surface area contributed by atoms with Gasteiger partial charge in [-0.3, -0.25) is 0 Å². The van der Waals surface area contributed by atoms with Gasteiger partial charge in [0, 0.05) is 24.6 Å². The van der Waals surface area contributed by atoms with Crippen molar-refractivity contribution in [2.24, 2.45) is 9.98 Å². The lowest BCUT2D eigenvalue weighted by Gasteiger charge is -2.09. The van der Waals surface area contributed by atoms with Crippen LogP contribution in [0, 0.1) is 0 Å². The van der Waals surface area contributed by atoms with Crippen LogP contribution in [0.4, 0.5) is 0 Å². The van der Waals surface area contributed by atoms with E-state index in [-0.39, 0.29) is 0 Å². The van der Waals surface area contributed by atoms with Crippen LogP contribution in [0.3, 0.4) is 0 Å². The molecule has 0 radical (unpaired) electrons. The molecule has 0 aromatic carbocycles. The van der Waals surface area contributed by atoms with Crippen LogP contribution in [-0.2, 0) is 9.47 Å². The lowest BCUT2D eigenvalue weighted by Crippen LogP contribution is -2.00. The standard InChI is InChI=1S/C8H6N2O2/c1-3-9-5-11-7(1)8-2-4-10-6-12-8/h1-6H. The van der Waals surface area contributed by atoms with Crippen LogP contribution in [0.5, 0.6) is 0 Å². The molecule has 0 aromatic rings. The van der Waals surface area contributed by atoms with Crippen molar-refractivity contribution in [2.75, 3.05) is 0 Å². The maximum Gasteiger partial charge on any atom is 0.181 e. The zero-order valence-electron chi connectivity index (χ0n) is 6.18. The van der Waals surface area contributed by atoms with Gasteiger partial charge in [-0.1, -0.05) is 0 Å². The largest absolute Gasteiger partial charge is 0.442 e. The Morgan fingerprint density at radius 2 is 1.33 bits per heavy atom. The van der Waals surface area contributed by atoms with Crippen molar-refractivity contribution < 1.29 is 9.47 Å². The Morgan fingerprint density at radius 3 is 1.67 bits per heavy atom. The third kappa shape index (κ3) is 1.27. The van der Waals surface area contributed by atoms with Crippen LogP contribution in [-0.4, -0.2) is 12.8 Å². The van der Waals surface area contributed by atoms with Crippen LogP contribution in [0.15, 0.2) is 46.1 Å². The molecule has 12 heavy (non-hydrogen) atoms.